The molecule has 1 aliphatic rings. The quantitative estimate of drug-likeness (QED) is 0.165. The molecule has 4 heterocycles. The van der Waals surface area contributed by atoms with Gasteiger partial charge >= 0.3 is 0 Å². The van der Waals surface area contributed by atoms with Gasteiger partial charge in [-0.05, 0) is 93.6 Å². The summed E-state index contributed by atoms with van der Waals surface area (Å²) in [5.74, 6) is -2.31. The molecule has 3 aromatic carbocycles. The van der Waals surface area contributed by atoms with Crippen LogP contribution in [0.3, 0.4) is 0 Å². The fraction of sp³-hybridized carbons (Fsp3) is 0.211. The van der Waals surface area contributed by atoms with Crippen molar-refractivity contribution in [1.29, 1.82) is 0 Å². The monoisotopic (exact) mass is 658 g/mol. The summed E-state index contributed by atoms with van der Waals surface area (Å²) >= 11 is 0. The molecule has 0 bridgehead atoms. The number of hydrogen-bond donors (Lipinski definition) is 2. The minimum Gasteiger partial charge on any atom is -0.324 e. The van der Waals surface area contributed by atoms with Crippen molar-refractivity contribution in [1.82, 2.24) is 29.2 Å². The van der Waals surface area contributed by atoms with Crippen molar-refractivity contribution in [3.63, 3.8) is 0 Å². The molecule has 1 fully saturated rings. The number of rotatable bonds is 10. The second-order valence-electron chi connectivity index (χ2n) is 12.4. The van der Waals surface area contributed by atoms with Crippen molar-refractivity contribution in [2.24, 2.45) is 0 Å². The van der Waals surface area contributed by atoms with Crippen molar-refractivity contribution in [3.8, 4) is 22.6 Å². The van der Waals surface area contributed by atoms with Crippen molar-refractivity contribution >= 4 is 28.9 Å². The Bertz CT molecular complexity index is 2110. The first-order valence-corrected chi connectivity index (χ1v) is 16.2. The number of halogens is 2. The summed E-state index contributed by atoms with van der Waals surface area (Å²) in [6.07, 6.45) is 5.77. The fourth-order valence-corrected chi connectivity index (χ4v) is 6.30. The molecular weight excluding hydrogens is 622 g/mol. The topological polar surface area (TPSA) is 90.7 Å². The Balaban J connectivity index is 1.14. The first kappa shape index (κ1) is 32.0. The van der Waals surface area contributed by atoms with E-state index in [2.05, 4.69) is 51.6 Å². The van der Waals surface area contributed by atoms with Crippen LogP contribution in [0, 0.1) is 11.6 Å². The molecule has 0 spiro atoms. The van der Waals surface area contributed by atoms with Gasteiger partial charge in [-0.1, -0.05) is 36.4 Å². The van der Waals surface area contributed by atoms with E-state index < -0.39 is 23.1 Å². The summed E-state index contributed by atoms with van der Waals surface area (Å²) < 4.78 is 30.5. The molecule has 49 heavy (non-hydrogen) atoms. The van der Waals surface area contributed by atoms with Gasteiger partial charge in [-0.2, -0.15) is 0 Å². The molecule has 0 aliphatic carbocycles. The Morgan fingerprint density at radius 1 is 0.918 bits per heavy atom. The Kier molecular flexibility index (Phi) is 9.10. The summed E-state index contributed by atoms with van der Waals surface area (Å²) in [6.45, 7) is 3.24. The van der Waals surface area contributed by atoms with Crippen molar-refractivity contribution < 1.29 is 13.6 Å². The van der Waals surface area contributed by atoms with Crippen LogP contribution in [0.2, 0.25) is 0 Å². The van der Waals surface area contributed by atoms with Gasteiger partial charge in [0.25, 0.3) is 5.91 Å². The first-order valence-electron chi connectivity index (χ1n) is 16.2. The van der Waals surface area contributed by atoms with Crippen molar-refractivity contribution in [3.05, 3.63) is 126 Å². The predicted octanol–water partition coefficient (Wildman–Crippen LogP) is 6.91. The van der Waals surface area contributed by atoms with Crippen LogP contribution in [0.25, 0.3) is 28.3 Å². The Morgan fingerprint density at radius 2 is 1.71 bits per heavy atom. The van der Waals surface area contributed by atoms with Gasteiger partial charge in [-0.15, -0.1) is 0 Å². The number of likely N-dealkylation sites (N-methyl/N-ethyl adjacent to an activating group) is 1. The molecule has 1 amide bonds. The molecule has 6 aromatic rings. The highest BCUT2D eigenvalue weighted by Gasteiger charge is 2.24. The molecule has 3 aromatic heterocycles. The van der Waals surface area contributed by atoms with E-state index in [0.29, 0.717) is 40.3 Å². The number of anilines is 3. The largest absolute Gasteiger partial charge is 0.324 e. The average Bonchev–Trinajstić information content (AvgIpc) is 3.74. The Hall–Kier alpha value is -5.52. The summed E-state index contributed by atoms with van der Waals surface area (Å²) in [5, 5.41) is 6.00. The zero-order valence-corrected chi connectivity index (χ0v) is 27.3. The minimum atomic E-state index is -0.934. The zero-order chi connectivity index (χ0) is 33.9. The van der Waals surface area contributed by atoms with Crippen molar-refractivity contribution in [2.75, 3.05) is 44.4 Å². The van der Waals surface area contributed by atoms with Gasteiger partial charge in [0.1, 0.15) is 22.8 Å². The van der Waals surface area contributed by atoms with E-state index in [-0.39, 0.29) is 0 Å². The van der Waals surface area contributed by atoms with Gasteiger partial charge in [-0.3, -0.25) is 9.20 Å². The second-order valence-corrected chi connectivity index (χ2v) is 12.4. The Morgan fingerprint density at radius 3 is 2.53 bits per heavy atom. The lowest BCUT2D eigenvalue weighted by Gasteiger charge is -2.20. The number of carbonyl (C=O) groups is 1. The number of nitrogens with zero attached hydrogens (tertiary/aromatic N) is 6. The Labute approximate surface area is 283 Å². The lowest BCUT2D eigenvalue weighted by atomic mass is 10.1. The highest BCUT2D eigenvalue weighted by atomic mass is 19.1. The molecule has 11 heteroatoms. The molecule has 9 nitrogen and oxygen atoms in total. The molecular formula is C38H36F2N8O. The third-order valence-electron chi connectivity index (χ3n) is 8.89. The smallest absolute Gasteiger partial charge is 0.261 e. The first-order chi connectivity index (χ1) is 23.8. The van der Waals surface area contributed by atoms with E-state index in [1.54, 1.807) is 24.4 Å². The summed E-state index contributed by atoms with van der Waals surface area (Å²) in [5.41, 5.74) is 5.21. The van der Waals surface area contributed by atoms with Crippen LogP contribution in [0.4, 0.5) is 26.1 Å². The normalized spacial score (nSPS) is 14.8. The minimum absolute atomic E-state index is 0.361. The average molecular weight is 659 g/mol. The molecule has 248 valence electrons. The lowest BCUT2D eigenvalue weighted by Crippen LogP contribution is -2.32. The molecule has 2 N–H and O–H groups in total. The standard InChI is InChI=1S/C38H36F2N8O/c1-46(2)29-17-21-47(24-29)20-16-25-8-5-10-27(22-25)43-38-41-18-15-32(44-38)36-35(45-33-14-3-4-19-48(33)36)26-9-6-11-28(23-26)42-37(49)34-30(39)12-7-13-31(34)40/h3-15,18-19,22-23,29H,16-17,20-21,24H2,1-2H3,(H,42,49)(H,41,43,44). The third kappa shape index (κ3) is 7.03. The van der Waals surface area contributed by atoms with E-state index in [1.165, 1.54) is 18.1 Å². The molecule has 1 aliphatic heterocycles. The molecule has 0 radical (unpaired) electrons. The number of hydrogen-bond acceptors (Lipinski definition) is 7. The molecule has 0 saturated carbocycles. The van der Waals surface area contributed by atoms with Crippen LogP contribution in [0.5, 0.6) is 0 Å². The fourth-order valence-electron chi connectivity index (χ4n) is 6.30. The van der Waals surface area contributed by atoms with Crippen LogP contribution in [0.1, 0.15) is 22.3 Å². The highest BCUT2D eigenvalue weighted by Crippen LogP contribution is 2.34. The van der Waals surface area contributed by atoms with E-state index in [1.807, 2.05) is 53.1 Å². The summed E-state index contributed by atoms with van der Waals surface area (Å²) in [7, 11) is 4.30. The van der Waals surface area contributed by atoms with Gasteiger partial charge in [-0.25, -0.2) is 23.7 Å². The number of fused-ring (bicyclic) bond motifs is 1. The molecule has 7 rings (SSSR count). The number of amides is 1. The second kappa shape index (κ2) is 13.9. The maximum atomic E-state index is 14.3. The number of nitrogens with one attached hydrogen (secondary N) is 2. The van der Waals surface area contributed by atoms with E-state index in [0.717, 1.165) is 49.6 Å². The lowest BCUT2D eigenvalue weighted by molar-refractivity contribution is 0.101. The van der Waals surface area contributed by atoms with Crippen LogP contribution in [-0.4, -0.2) is 74.8 Å². The SMILES string of the molecule is CN(C)C1CCN(CCc2cccc(Nc3nccc(-c4c(-c5cccc(NC(=O)c6c(F)cccc6F)c5)nc5ccccn45)n3)c2)C1. The van der Waals surface area contributed by atoms with Gasteiger partial charge < -0.3 is 20.4 Å². The van der Waals surface area contributed by atoms with Gasteiger partial charge in [0, 0.05) is 48.5 Å². The maximum absolute atomic E-state index is 14.3. The number of aromatic nitrogens is 4. The summed E-state index contributed by atoms with van der Waals surface area (Å²) in [6, 6.07) is 26.8. The highest BCUT2D eigenvalue weighted by molar-refractivity contribution is 6.05. The molecule has 1 saturated heterocycles. The summed E-state index contributed by atoms with van der Waals surface area (Å²) in [4.78, 5) is 32.0. The van der Waals surface area contributed by atoms with E-state index >= 15 is 0 Å². The third-order valence-corrected chi connectivity index (χ3v) is 8.89. The number of benzene rings is 3. The van der Waals surface area contributed by atoms with E-state index in [9.17, 15) is 13.6 Å². The predicted molar refractivity (Wildman–Crippen MR) is 188 cm³/mol. The van der Waals surface area contributed by atoms with E-state index in [4.69, 9.17) is 9.97 Å². The van der Waals surface area contributed by atoms with Crippen LogP contribution >= 0.6 is 0 Å². The molecule has 1 atom stereocenters. The molecule has 1 unspecified atom stereocenters. The maximum Gasteiger partial charge on any atom is 0.261 e. The number of imidazole rings is 1. The van der Waals surface area contributed by atoms with Gasteiger partial charge in [0.15, 0.2) is 0 Å². The van der Waals surface area contributed by atoms with Crippen LogP contribution in [-0.2, 0) is 6.42 Å². The number of pyridine rings is 1. The number of carbonyl (C=O) groups excluding carboxylic acids is 1. The van der Waals surface area contributed by atoms with Crippen LogP contribution in [0.15, 0.2) is 103 Å². The van der Waals surface area contributed by atoms with Gasteiger partial charge in [0.05, 0.1) is 17.1 Å². The number of likely N-dealkylation sites (tertiary alicyclic amines) is 1. The van der Waals surface area contributed by atoms with Crippen molar-refractivity contribution in [2.45, 2.75) is 18.9 Å². The van der Waals surface area contributed by atoms with Crippen LogP contribution < -0.4 is 10.6 Å². The zero-order valence-electron chi connectivity index (χ0n) is 27.3. The van der Waals surface area contributed by atoms with Gasteiger partial charge in [0.2, 0.25) is 5.95 Å².